The Morgan fingerprint density at radius 3 is 2.50 bits per heavy atom. The third-order valence-corrected chi connectivity index (χ3v) is 12.3. The van der Waals surface area contributed by atoms with Crippen LogP contribution in [-0.2, 0) is 0 Å². The van der Waals surface area contributed by atoms with Crippen molar-refractivity contribution < 1.29 is 0 Å². The van der Waals surface area contributed by atoms with Gasteiger partial charge in [0.1, 0.15) is 5.15 Å². The van der Waals surface area contributed by atoms with Crippen molar-refractivity contribution in [2.24, 2.45) is 5.92 Å². The Balaban J connectivity index is 1.64. The first-order valence-corrected chi connectivity index (χ1v) is 12.7. The molecule has 2 aromatic heterocycles. The summed E-state index contributed by atoms with van der Waals surface area (Å²) in [7, 11) is -1.17. The molecular weight excluding hydrogens is 334 g/mol. The number of hydrogen-bond donors (Lipinski definition) is 0. The van der Waals surface area contributed by atoms with Crippen LogP contribution in [0.5, 0.6) is 0 Å². The number of pyridine rings is 1. The van der Waals surface area contributed by atoms with E-state index in [1.807, 2.05) is 12.3 Å². The molecule has 0 bridgehead atoms. The number of nitrogens with zero attached hydrogens (tertiary/aromatic N) is 3. The Hall–Kier alpha value is -0.873. The fraction of sp³-hybridized carbons (Fsp3) is 0.684. The Morgan fingerprint density at radius 2 is 1.88 bits per heavy atom. The zero-order chi connectivity index (χ0) is 17.5. The van der Waals surface area contributed by atoms with E-state index in [1.165, 1.54) is 31.7 Å². The highest BCUT2D eigenvalue weighted by Crippen LogP contribution is 2.44. The predicted molar refractivity (Wildman–Crippen MR) is 106 cm³/mol. The molecule has 3 nitrogen and oxygen atoms in total. The van der Waals surface area contributed by atoms with Gasteiger partial charge in [0.25, 0.3) is 0 Å². The van der Waals surface area contributed by atoms with Crippen molar-refractivity contribution in [2.75, 3.05) is 0 Å². The summed E-state index contributed by atoms with van der Waals surface area (Å²) in [5.74, 6) is 0.906. The highest BCUT2D eigenvalue weighted by atomic mass is 35.5. The summed E-state index contributed by atoms with van der Waals surface area (Å²) in [5.41, 5.74) is 0.957. The topological polar surface area (TPSA) is 30.7 Å². The zero-order valence-corrected chi connectivity index (χ0v) is 17.4. The van der Waals surface area contributed by atoms with Gasteiger partial charge < -0.3 is 0 Å². The second-order valence-corrected chi connectivity index (χ2v) is 15.3. The van der Waals surface area contributed by atoms with Gasteiger partial charge in [0, 0.05) is 23.8 Å². The van der Waals surface area contributed by atoms with Crippen molar-refractivity contribution in [3.05, 3.63) is 23.6 Å². The minimum absolute atomic E-state index is 0.496. The van der Waals surface area contributed by atoms with E-state index in [0.29, 0.717) is 16.2 Å². The molecule has 0 aromatic carbocycles. The van der Waals surface area contributed by atoms with Gasteiger partial charge in [0.15, 0.2) is 0 Å². The van der Waals surface area contributed by atoms with E-state index in [-0.39, 0.29) is 0 Å². The van der Waals surface area contributed by atoms with E-state index in [0.717, 1.165) is 16.8 Å². The van der Waals surface area contributed by atoms with Crippen LogP contribution in [0.3, 0.4) is 0 Å². The molecule has 132 valence electrons. The van der Waals surface area contributed by atoms with Gasteiger partial charge >= 0.3 is 0 Å². The first kappa shape index (κ1) is 17.9. The lowest BCUT2D eigenvalue weighted by atomic mass is 9.87. The molecule has 0 N–H and O–H groups in total. The quantitative estimate of drug-likeness (QED) is 0.471. The molecule has 0 aliphatic heterocycles. The first-order valence-electron chi connectivity index (χ1n) is 9.16. The number of rotatable bonds is 3. The minimum atomic E-state index is -1.17. The van der Waals surface area contributed by atoms with E-state index < -0.39 is 8.07 Å². The second-order valence-electron chi connectivity index (χ2n) is 9.19. The van der Waals surface area contributed by atoms with Crippen LogP contribution in [0.1, 0.15) is 52.5 Å². The molecule has 1 fully saturated rings. The van der Waals surface area contributed by atoms with Crippen LogP contribution in [0.4, 0.5) is 0 Å². The number of hydrogen-bond acceptors (Lipinski definition) is 2. The molecule has 2 heterocycles. The molecule has 24 heavy (non-hydrogen) atoms. The fourth-order valence-corrected chi connectivity index (χ4v) is 6.36. The standard InChI is InChI=1S/C19H30ClN3Si/c1-19(2,3)24(4,5)13-14-6-8-16(9-7-14)23-12-15-11-21-18(20)10-17(15)22-23/h10-12,14,16H,6-9,13H2,1-5H3/t14-,16-. The van der Waals surface area contributed by atoms with E-state index in [2.05, 4.69) is 49.7 Å². The maximum Gasteiger partial charge on any atom is 0.131 e. The molecule has 3 rings (SSSR count). The second kappa shape index (κ2) is 6.45. The molecule has 0 unspecified atom stereocenters. The smallest absolute Gasteiger partial charge is 0.131 e. The van der Waals surface area contributed by atoms with Gasteiger partial charge in [-0.1, -0.05) is 51.5 Å². The van der Waals surface area contributed by atoms with Crippen molar-refractivity contribution in [2.45, 2.75) is 76.7 Å². The lowest BCUT2D eigenvalue weighted by molar-refractivity contribution is 0.272. The van der Waals surface area contributed by atoms with E-state index >= 15 is 0 Å². The summed E-state index contributed by atoms with van der Waals surface area (Å²) < 4.78 is 2.16. The minimum Gasteiger partial charge on any atom is -0.268 e. The largest absolute Gasteiger partial charge is 0.268 e. The van der Waals surface area contributed by atoms with Crippen LogP contribution in [0, 0.1) is 5.92 Å². The van der Waals surface area contributed by atoms with Crippen LogP contribution >= 0.6 is 11.6 Å². The SMILES string of the molecule is CC(C)(C)[Si](C)(C)C[C@H]1CC[C@H](n2cc3cnc(Cl)cc3n2)CC1. The summed E-state index contributed by atoms with van der Waals surface area (Å²) in [6.45, 7) is 12.4. The van der Waals surface area contributed by atoms with Crippen LogP contribution in [0.15, 0.2) is 18.5 Å². The summed E-state index contributed by atoms with van der Waals surface area (Å²) in [4.78, 5) is 4.16. The average Bonchev–Trinajstić information content (AvgIpc) is 2.89. The Kier molecular flexibility index (Phi) is 4.82. The molecule has 0 radical (unpaired) electrons. The van der Waals surface area contributed by atoms with E-state index in [1.54, 1.807) is 0 Å². The molecule has 1 aliphatic carbocycles. The van der Waals surface area contributed by atoms with Gasteiger partial charge in [-0.2, -0.15) is 5.10 Å². The molecule has 0 atom stereocenters. The van der Waals surface area contributed by atoms with Gasteiger partial charge in [-0.05, 0) is 36.6 Å². The number of aromatic nitrogens is 3. The Labute approximate surface area is 151 Å². The van der Waals surface area contributed by atoms with Crippen LogP contribution in [0.2, 0.25) is 29.3 Å². The van der Waals surface area contributed by atoms with Crippen molar-refractivity contribution in [3.8, 4) is 0 Å². The van der Waals surface area contributed by atoms with Crippen LogP contribution in [0.25, 0.3) is 10.9 Å². The lowest BCUT2D eigenvalue weighted by Crippen LogP contribution is -2.39. The fourth-order valence-electron chi connectivity index (χ4n) is 3.74. The van der Waals surface area contributed by atoms with Gasteiger partial charge in [-0.3, -0.25) is 4.68 Å². The highest BCUT2D eigenvalue weighted by molar-refractivity contribution is 6.80. The molecule has 5 heteroatoms. The average molecular weight is 364 g/mol. The van der Waals surface area contributed by atoms with Crippen LogP contribution < -0.4 is 0 Å². The summed E-state index contributed by atoms with van der Waals surface area (Å²) in [5, 5.41) is 6.84. The molecule has 0 spiro atoms. The van der Waals surface area contributed by atoms with Crippen molar-refractivity contribution in [1.82, 2.24) is 14.8 Å². The van der Waals surface area contributed by atoms with Crippen molar-refractivity contribution in [1.29, 1.82) is 0 Å². The highest BCUT2D eigenvalue weighted by Gasteiger charge is 2.37. The van der Waals surface area contributed by atoms with Gasteiger partial charge in [-0.15, -0.1) is 0 Å². The van der Waals surface area contributed by atoms with Gasteiger partial charge in [0.05, 0.1) is 19.6 Å². The third-order valence-electron chi connectivity index (χ3n) is 6.39. The Bertz CT molecular complexity index is 709. The lowest BCUT2D eigenvalue weighted by Gasteiger charge is -2.41. The number of fused-ring (bicyclic) bond motifs is 1. The molecule has 0 saturated heterocycles. The molecule has 1 aliphatic rings. The van der Waals surface area contributed by atoms with Crippen molar-refractivity contribution >= 4 is 30.6 Å². The normalized spacial score (nSPS) is 22.9. The molecular formula is C19H30ClN3Si. The molecule has 0 amide bonds. The summed E-state index contributed by atoms with van der Waals surface area (Å²) in [6, 6.07) is 3.85. The predicted octanol–water partition coefficient (Wildman–Crippen LogP) is 6.32. The number of halogens is 1. The summed E-state index contributed by atoms with van der Waals surface area (Å²) >= 11 is 5.97. The van der Waals surface area contributed by atoms with Crippen LogP contribution in [-0.4, -0.2) is 22.8 Å². The van der Waals surface area contributed by atoms with Crippen molar-refractivity contribution in [3.63, 3.8) is 0 Å². The van der Waals surface area contributed by atoms with E-state index in [9.17, 15) is 0 Å². The van der Waals surface area contributed by atoms with Gasteiger partial charge in [-0.25, -0.2) is 4.98 Å². The summed E-state index contributed by atoms with van der Waals surface area (Å²) in [6.07, 6.45) is 9.13. The van der Waals surface area contributed by atoms with Gasteiger partial charge in [0.2, 0.25) is 0 Å². The molecule has 1 saturated carbocycles. The third kappa shape index (κ3) is 3.69. The first-order chi connectivity index (χ1) is 11.2. The zero-order valence-electron chi connectivity index (χ0n) is 15.6. The maximum atomic E-state index is 5.97. The van der Waals surface area contributed by atoms with E-state index in [4.69, 9.17) is 16.7 Å². The maximum absolute atomic E-state index is 5.97. The Morgan fingerprint density at radius 1 is 1.21 bits per heavy atom. The monoisotopic (exact) mass is 363 g/mol. The molecule has 2 aromatic rings.